The van der Waals surface area contributed by atoms with E-state index in [1.165, 1.54) is 0 Å². The van der Waals surface area contributed by atoms with E-state index in [9.17, 15) is 4.79 Å². The van der Waals surface area contributed by atoms with E-state index >= 15 is 0 Å². The maximum Gasteiger partial charge on any atom is 0.251 e. The minimum absolute atomic E-state index is 0.0173. The van der Waals surface area contributed by atoms with Gasteiger partial charge in [-0.2, -0.15) is 0 Å². The Hall–Kier alpha value is -2.37. The number of hydrogen-bond acceptors (Lipinski definition) is 4. The lowest BCUT2D eigenvalue weighted by molar-refractivity contribution is 0.0894. The maximum atomic E-state index is 12.4. The highest BCUT2D eigenvalue weighted by Gasteiger charge is 2.14. The lowest BCUT2D eigenvalue weighted by atomic mass is 10.1. The molecule has 1 atom stereocenters. The molecule has 0 aliphatic carbocycles. The summed E-state index contributed by atoms with van der Waals surface area (Å²) in [6.07, 6.45) is 1.34. The van der Waals surface area contributed by atoms with E-state index in [2.05, 4.69) is 10.3 Å². The van der Waals surface area contributed by atoms with Crippen molar-refractivity contribution in [1.29, 1.82) is 0 Å². The molecule has 0 aliphatic heterocycles. The van der Waals surface area contributed by atoms with Crippen molar-refractivity contribution >= 4 is 28.6 Å². The number of methoxy groups -OCH3 is 1. The Morgan fingerprint density at radius 2 is 2.15 bits per heavy atom. The van der Waals surface area contributed by atoms with E-state index in [4.69, 9.17) is 20.8 Å². The third kappa shape index (κ3) is 4.42. The second kappa shape index (κ2) is 8.34. The van der Waals surface area contributed by atoms with Gasteiger partial charge in [0, 0.05) is 24.1 Å². The van der Waals surface area contributed by atoms with Gasteiger partial charge >= 0.3 is 0 Å². The monoisotopic (exact) mass is 372 g/mol. The third-order valence-electron chi connectivity index (χ3n) is 4.14. The van der Waals surface area contributed by atoms with Crippen molar-refractivity contribution < 1.29 is 13.9 Å². The molecule has 136 valence electrons. The lowest BCUT2D eigenvalue weighted by Crippen LogP contribution is -2.37. The quantitative estimate of drug-likeness (QED) is 0.674. The van der Waals surface area contributed by atoms with Crippen molar-refractivity contribution in [3.05, 3.63) is 64.5 Å². The summed E-state index contributed by atoms with van der Waals surface area (Å²) in [6.45, 7) is 2.49. The number of benzene rings is 2. The minimum atomic E-state index is -0.149. The van der Waals surface area contributed by atoms with Crippen LogP contribution in [-0.2, 0) is 11.2 Å². The molecule has 0 saturated heterocycles. The highest BCUT2D eigenvalue weighted by molar-refractivity contribution is 6.30. The molecule has 0 spiro atoms. The largest absolute Gasteiger partial charge is 0.440 e. The molecular weight excluding hydrogens is 352 g/mol. The van der Waals surface area contributed by atoms with Crippen molar-refractivity contribution in [2.24, 2.45) is 0 Å². The van der Waals surface area contributed by atoms with Crippen LogP contribution in [0.25, 0.3) is 11.1 Å². The Morgan fingerprint density at radius 1 is 1.31 bits per heavy atom. The first-order valence-electron chi connectivity index (χ1n) is 8.52. The normalized spacial score (nSPS) is 12.3. The first-order chi connectivity index (χ1) is 12.6. The van der Waals surface area contributed by atoms with Crippen molar-refractivity contribution in [2.75, 3.05) is 13.7 Å². The zero-order chi connectivity index (χ0) is 18.5. The van der Waals surface area contributed by atoms with Crippen LogP contribution in [0.4, 0.5) is 0 Å². The molecule has 3 aromatic rings. The van der Waals surface area contributed by atoms with E-state index < -0.39 is 0 Å². The summed E-state index contributed by atoms with van der Waals surface area (Å²) in [6, 6.07) is 12.8. The van der Waals surface area contributed by atoms with Gasteiger partial charge in [-0.1, -0.05) is 30.7 Å². The van der Waals surface area contributed by atoms with Gasteiger partial charge in [-0.3, -0.25) is 4.79 Å². The molecule has 1 N–H and O–H groups in total. The second-order valence-corrected chi connectivity index (χ2v) is 6.57. The van der Waals surface area contributed by atoms with Gasteiger partial charge in [0.2, 0.25) is 0 Å². The average Bonchev–Trinajstić information content (AvgIpc) is 3.02. The predicted octanol–water partition coefficient (Wildman–Crippen LogP) is 4.23. The number of nitrogens with one attached hydrogen (secondary N) is 1. The van der Waals surface area contributed by atoms with Crippen LogP contribution in [0.1, 0.15) is 35.2 Å². The number of amides is 1. The molecule has 2 aromatic carbocycles. The van der Waals surface area contributed by atoms with Crippen LogP contribution in [0, 0.1) is 0 Å². The average molecular weight is 373 g/mol. The van der Waals surface area contributed by atoms with Gasteiger partial charge in [0.25, 0.3) is 5.91 Å². The van der Waals surface area contributed by atoms with Gasteiger partial charge in [0.15, 0.2) is 11.5 Å². The van der Waals surface area contributed by atoms with Gasteiger partial charge < -0.3 is 14.5 Å². The summed E-state index contributed by atoms with van der Waals surface area (Å²) in [5.74, 6) is 0.439. The molecule has 1 aromatic heterocycles. The van der Waals surface area contributed by atoms with Crippen LogP contribution in [0.2, 0.25) is 5.02 Å². The fourth-order valence-electron chi connectivity index (χ4n) is 2.74. The van der Waals surface area contributed by atoms with E-state index in [0.29, 0.717) is 35.1 Å². The first kappa shape index (κ1) is 18.4. The molecule has 0 saturated carbocycles. The number of ether oxygens (including phenoxy) is 1. The molecule has 26 heavy (non-hydrogen) atoms. The highest BCUT2D eigenvalue weighted by Crippen LogP contribution is 2.20. The molecule has 0 fully saturated rings. The fraction of sp³-hybridized carbons (Fsp3) is 0.300. The zero-order valence-corrected chi connectivity index (χ0v) is 15.5. The van der Waals surface area contributed by atoms with Crippen LogP contribution in [0.5, 0.6) is 0 Å². The molecule has 0 unspecified atom stereocenters. The molecule has 0 aliphatic rings. The minimum Gasteiger partial charge on any atom is -0.440 e. The maximum absolute atomic E-state index is 12.4. The molecule has 1 amide bonds. The van der Waals surface area contributed by atoms with Gasteiger partial charge in [0.1, 0.15) is 5.52 Å². The van der Waals surface area contributed by atoms with Crippen LogP contribution < -0.4 is 5.32 Å². The molecule has 0 bridgehead atoms. The molecule has 1 heterocycles. The Kier molecular flexibility index (Phi) is 5.91. The molecule has 3 rings (SSSR count). The summed E-state index contributed by atoms with van der Waals surface area (Å²) in [7, 11) is 1.62. The topological polar surface area (TPSA) is 64.4 Å². The second-order valence-electron chi connectivity index (χ2n) is 6.13. The summed E-state index contributed by atoms with van der Waals surface area (Å²) >= 11 is 6.02. The summed E-state index contributed by atoms with van der Waals surface area (Å²) < 4.78 is 10.9. The van der Waals surface area contributed by atoms with E-state index in [1.54, 1.807) is 25.3 Å². The smallest absolute Gasteiger partial charge is 0.251 e. The standard InChI is InChI=1S/C20H21ClN2O3/c1-3-16(12-25-2)22-20(24)14-7-8-17-18(11-14)26-19(23-17)10-13-5-4-6-15(21)9-13/h4-9,11,16H,3,10,12H2,1-2H3,(H,22,24)/t16-/m0/s1. The third-order valence-corrected chi connectivity index (χ3v) is 4.37. The van der Waals surface area contributed by atoms with Gasteiger partial charge in [0.05, 0.1) is 12.6 Å². The van der Waals surface area contributed by atoms with Gasteiger partial charge in [-0.15, -0.1) is 0 Å². The van der Waals surface area contributed by atoms with Crippen molar-refractivity contribution in [2.45, 2.75) is 25.8 Å². The van der Waals surface area contributed by atoms with E-state index in [1.807, 2.05) is 31.2 Å². The Balaban J connectivity index is 1.77. The summed E-state index contributed by atoms with van der Waals surface area (Å²) in [5, 5.41) is 3.64. The number of aromatic nitrogens is 1. The number of nitrogens with zero attached hydrogens (tertiary/aromatic N) is 1. The summed E-state index contributed by atoms with van der Waals surface area (Å²) in [5.41, 5.74) is 2.88. The zero-order valence-electron chi connectivity index (χ0n) is 14.8. The van der Waals surface area contributed by atoms with Crippen molar-refractivity contribution in [1.82, 2.24) is 10.3 Å². The highest BCUT2D eigenvalue weighted by atomic mass is 35.5. The lowest BCUT2D eigenvalue weighted by Gasteiger charge is -2.15. The Labute approximate surface area is 157 Å². The molecule has 6 heteroatoms. The number of carbonyl (C=O) groups excluding carboxylic acids is 1. The molecule has 0 radical (unpaired) electrons. The van der Waals surface area contributed by atoms with Crippen LogP contribution in [0.15, 0.2) is 46.9 Å². The number of carbonyl (C=O) groups is 1. The van der Waals surface area contributed by atoms with Crippen LogP contribution in [-0.4, -0.2) is 30.6 Å². The fourth-order valence-corrected chi connectivity index (χ4v) is 2.96. The van der Waals surface area contributed by atoms with Gasteiger partial charge in [-0.05, 0) is 42.3 Å². The number of hydrogen-bond donors (Lipinski definition) is 1. The summed E-state index contributed by atoms with van der Waals surface area (Å²) in [4.78, 5) is 16.9. The van der Waals surface area contributed by atoms with Crippen LogP contribution in [0.3, 0.4) is 0 Å². The Morgan fingerprint density at radius 3 is 2.88 bits per heavy atom. The number of rotatable bonds is 7. The number of oxazole rings is 1. The van der Waals surface area contributed by atoms with Crippen molar-refractivity contribution in [3.8, 4) is 0 Å². The van der Waals surface area contributed by atoms with E-state index in [-0.39, 0.29) is 11.9 Å². The van der Waals surface area contributed by atoms with Gasteiger partial charge in [-0.25, -0.2) is 4.98 Å². The molecule has 5 nitrogen and oxygen atoms in total. The number of fused-ring (bicyclic) bond motifs is 1. The van der Waals surface area contributed by atoms with E-state index in [0.717, 1.165) is 17.5 Å². The number of halogens is 1. The Bertz CT molecular complexity index is 907. The SMILES string of the molecule is CC[C@@H](COC)NC(=O)c1ccc2nc(Cc3cccc(Cl)c3)oc2c1. The van der Waals surface area contributed by atoms with Crippen molar-refractivity contribution in [3.63, 3.8) is 0 Å². The predicted molar refractivity (Wildman–Crippen MR) is 102 cm³/mol. The van der Waals surface area contributed by atoms with Crippen LogP contribution >= 0.6 is 11.6 Å². The first-order valence-corrected chi connectivity index (χ1v) is 8.90. The molecular formula is C20H21ClN2O3.